The average Bonchev–Trinajstić information content (AvgIpc) is 2.65. The molecule has 1 N–H and O–H groups in total. The number of amides is 1. The first kappa shape index (κ1) is 17.5. The van der Waals surface area contributed by atoms with E-state index in [1.54, 1.807) is 0 Å². The highest BCUT2D eigenvalue weighted by Gasteiger charge is 2.26. The fourth-order valence-electron chi connectivity index (χ4n) is 3.41. The standard InChI is InChI=1S/C21H27N3O/c1-16-8-7-9-17(2)20(16)22-21(25)18(3)23-12-14-24(15-13-23)19-10-5-4-6-11-19/h4-11,18H,12-15H2,1-3H3,(H,22,25)/t18-/m1/s1. The molecule has 0 radical (unpaired) electrons. The van der Waals surface area contributed by atoms with E-state index in [4.69, 9.17) is 0 Å². The number of para-hydroxylation sites is 2. The Balaban J connectivity index is 1.59. The van der Waals surface area contributed by atoms with E-state index in [1.165, 1.54) is 5.69 Å². The molecule has 0 aromatic heterocycles. The summed E-state index contributed by atoms with van der Waals surface area (Å²) in [6.45, 7) is 9.77. The summed E-state index contributed by atoms with van der Waals surface area (Å²) >= 11 is 0. The summed E-state index contributed by atoms with van der Waals surface area (Å²) in [6.07, 6.45) is 0. The van der Waals surface area contributed by atoms with Crippen molar-refractivity contribution < 1.29 is 4.79 Å². The molecule has 1 heterocycles. The lowest BCUT2D eigenvalue weighted by atomic mass is 10.1. The summed E-state index contributed by atoms with van der Waals surface area (Å²) in [6, 6.07) is 16.4. The van der Waals surface area contributed by atoms with E-state index in [9.17, 15) is 4.79 Å². The molecule has 3 rings (SSSR count). The summed E-state index contributed by atoms with van der Waals surface area (Å²) < 4.78 is 0. The Hall–Kier alpha value is -2.33. The van der Waals surface area contributed by atoms with Crippen molar-refractivity contribution in [2.75, 3.05) is 36.4 Å². The van der Waals surface area contributed by atoms with Crippen LogP contribution in [-0.4, -0.2) is 43.0 Å². The van der Waals surface area contributed by atoms with Crippen LogP contribution in [0.3, 0.4) is 0 Å². The molecular weight excluding hydrogens is 310 g/mol. The highest BCUT2D eigenvalue weighted by atomic mass is 16.2. The molecule has 0 unspecified atom stereocenters. The molecule has 0 spiro atoms. The van der Waals surface area contributed by atoms with E-state index >= 15 is 0 Å². The quantitative estimate of drug-likeness (QED) is 0.928. The number of nitrogens with zero attached hydrogens (tertiary/aromatic N) is 2. The first-order valence-electron chi connectivity index (χ1n) is 8.97. The molecule has 1 saturated heterocycles. The van der Waals surface area contributed by atoms with Gasteiger partial charge in [0.15, 0.2) is 0 Å². The summed E-state index contributed by atoms with van der Waals surface area (Å²) in [4.78, 5) is 17.3. The molecule has 1 aliphatic rings. The van der Waals surface area contributed by atoms with Crippen LogP contribution in [0.1, 0.15) is 18.1 Å². The van der Waals surface area contributed by atoms with E-state index in [-0.39, 0.29) is 11.9 Å². The van der Waals surface area contributed by atoms with Crippen LogP contribution in [0.5, 0.6) is 0 Å². The zero-order valence-corrected chi connectivity index (χ0v) is 15.3. The van der Waals surface area contributed by atoms with E-state index < -0.39 is 0 Å². The van der Waals surface area contributed by atoms with Crippen molar-refractivity contribution in [3.05, 3.63) is 59.7 Å². The van der Waals surface area contributed by atoms with Crippen molar-refractivity contribution in [1.29, 1.82) is 0 Å². The monoisotopic (exact) mass is 337 g/mol. The van der Waals surface area contributed by atoms with Crippen molar-refractivity contribution in [3.8, 4) is 0 Å². The molecule has 1 fully saturated rings. The first-order valence-corrected chi connectivity index (χ1v) is 8.97. The van der Waals surface area contributed by atoms with Crippen molar-refractivity contribution in [3.63, 3.8) is 0 Å². The van der Waals surface area contributed by atoms with E-state index in [2.05, 4.69) is 39.4 Å². The minimum Gasteiger partial charge on any atom is -0.369 e. The van der Waals surface area contributed by atoms with Gasteiger partial charge >= 0.3 is 0 Å². The minimum absolute atomic E-state index is 0.0746. The normalized spacial score (nSPS) is 16.5. The molecule has 1 aliphatic heterocycles. The topological polar surface area (TPSA) is 35.6 Å². The number of rotatable bonds is 4. The number of carbonyl (C=O) groups is 1. The highest BCUT2D eigenvalue weighted by molar-refractivity contribution is 5.95. The van der Waals surface area contributed by atoms with Crippen LogP contribution < -0.4 is 10.2 Å². The summed E-state index contributed by atoms with van der Waals surface area (Å²) in [5.41, 5.74) is 4.42. The number of carbonyl (C=O) groups excluding carboxylic acids is 1. The largest absolute Gasteiger partial charge is 0.369 e. The fraction of sp³-hybridized carbons (Fsp3) is 0.381. The van der Waals surface area contributed by atoms with Gasteiger partial charge in [0.2, 0.25) is 5.91 Å². The van der Waals surface area contributed by atoms with Crippen LogP contribution in [0.25, 0.3) is 0 Å². The number of benzene rings is 2. The van der Waals surface area contributed by atoms with E-state index in [0.717, 1.165) is 43.0 Å². The van der Waals surface area contributed by atoms with Gasteiger partial charge in [-0.2, -0.15) is 0 Å². The average molecular weight is 337 g/mol. The highest BCUT2D eigenvalue weighted by Crippen LogP contribution is 2.21. The number of hydrogen-bond donors (Lipinski definition) is 1. The molecule has 4 nitrogen and oxygen atoms in total. The molecule has 132 valence electrons. The third kappa shape index (κ3) is 4.02. The van der Waals surface area contributed by atoms with Crippen LogP contribution >= 0.6 is 0 Å². The lowest BCUT2D eigenvalue weighted by Crippen LogP contribution is -2.52. The zero-order chi connectivity index (χ0) is 17.8. The summed E-state index contributed by atoms with van der Waals surface area (Å²) in [5, 5.41) is 3.12. The Bertz CT molecular complexity index is 701. The van der Waals surface area contributed by atoms with Crippen LogP contribution in [0, 0.1) is 13.8 Å². The Morgan fingerprint density at radius 1 is 0.920 bits per heavy atom. The molecule has 1 amide bonds. The second-order valence-corrected chi connectivity index (χ2v) is 6.79. The molecule has 2 aromatic rings. The predicted molar refractivity (Wildman–Crippen MR) is 104 cm³/mol. The van der Waals surface area contributed by atoms with Gasteiger partial charge in [-0.05, 0) is 44.0 Å². The van der Waals surface area contributed by atoms with Gasteiger partial charge in [-0.25, -0.2) is 0 Å². The van der Waals surface area contributed by atoms with Gasteiger partial charge < -0.3 is 10.2 Å². The first-order chi connectivity index (χ1) is 12.1. The molecular formula is C21H27N3O. The van der Waals surface area contributed by atoms with Crippen molar-refractivity contribution in [2.45, 2.75) is 26.8 Å². The summed E-state index contributed by atoms with van der Waals surface area (Å²) in [7, 11) is 0. The maximum atomic E-state index is 12.7. The number of nitrogens with one attached hydrogen (secondary N) is 1. The number of aryl methyl sites for hydroxylation is 2. The van der Waals surface area contributed by atoms with Crippen molar-refractivity contribution >= 4 is 17.3 Å². The molecule has 0 aliphatic carbocycles. The van der Waals surface area contributed by atoms with Crippen LogP contribution in [-0.2, 0) is 4.79 Å². The Kier molecular flexibility index (Phi) is 5.39. The summed E-state index contributed by atoms with van der Waals surface area (Å²) in [5.74, 6) is 0.0746. The molecule has 0 bridgehead atoms. The minimum atomic E-state index is -0.128. The second-order valence-electron chi connectivity index (χ2n) is 6.79. The van der Waals surface area contributed by atoms with Gasteiger partial charge in [0, 0.05) is 37.6 Å². The molecule has 1 atom stereocenters. The Morgan fingerprint density at radius 2 is 1.52 bits per heavy atom. The maximum absolute atomic E-state index is 12.7. The second kappa shape index (κ2) is 7.70. The van der Waals surface area contributed by atoms with Gasteiger partial charge in [-0.15, -0.1) is 0 Å². The number of hydrogen-bond acceptors (Lipinski definition) is 3. The van der Waals surface area contributed by atoms with Crippen molar-refractivity contribution in [2.24, 2.45) is 0 Å². The predicted octanol–water partition coefficient (Wildman–Crippen LogP) is 3.45. The lowest BCUT2D eigenvalue weighted by Gasteiger charge is -2.38. The fourth-order valence-corrected chi connectivity index (χ4v) is 3.41. The molecule has 25 heavy (non-hydrogen) atoms. The van der Waals surface area contributed by atoms with Gasteiger partial charge in [-0.3, -0.25) is 9.69 Å². The molecule has 4 heteroatoms. The van der Waals surface area contributed by atoms with Crippen LogP contribution in [0.2, 0.25) is 0 Å². The van der Waals surface area contributed by atoms with Gasteiger partial charge in [-0.1, -0.05) is 36.4 Å². The van der Waals surface area contributed by atoms with Gasteiger partial charge in [0.1, 0.15) is 0 Å². The van der Waals surface area contributed by atoms with E-state index in [1.807, 2.05) is 45.0 Å². The van der Waals surface area contributed by atoms with Crippen LogP contribution in [0.4, 0.5) is 11.4 Å². The SMILES string of the molecule is Cc1cccc(C)c1NC(=O)[C@@H](C)N1CCN(c2ccccc2)CC1. The smallest absolute Gasteiger partial charge is 0.241 e. The lowest BCUT2D eigenvalue weighted by molar-refractivity contribution is -0.120. The van der Waals surface area contributed by atoms with Crippen molar-refractivity contribution in [1.82, 2.24) is 4.90 Å². The van der Waals surface area contributed by atoms with Crippen LogP contribution in [0.15, 0.2) is 48.5 Å². The Morgan fingerprint density at radius 3 is 2.12 bits per heavy atom. The maximum Gasteiger partial charge on any atom is 0.241 e. The third-order valence-corrected chi connectivity index (χ3v) is 5.09. The number of piperazine rings is 1. The number of anilines is 2. The molecule has 0 saturated carbocycles. The molecule has 2 aromatic carbocycles. The van der Waals surface area contributed by atoms with E-state index in [0.29, 0.717) is 0 Å². The Labute approximate surface area is 150 Å². The third-order valence-electron chi connectivity index (χ3n) is 5.09. The van der Waals surface area contributed by atoms with Gasteiger partial charge in [0.05, 0.1) is 6.04 Å². The van der Waals surface area contributed by atoms with Gasteiger partial charge in [0.25, 0.3) is 0 Å². The zero-order valence-electron chi connectivity index (χ0n) is 15.3.